The van der Waals surface area contributed by atoms with Crippen molar-refractivity contribution in [2.24, 2.45) is 0 Å². The van der Waals surface area contributed by atoms with E-state index in [-0.39, 0.29) is 38.4 Å². The van der Waals surface area contributed by atoms with Crippen LogP contribution in [0.3, 0.4) is 0 Å². The first-order valence-electron chi connectivity index (χ1n) is 15.1. The number of nitrogens with one attached hydrogen (secondary N) is 3. The zero-order valence-corrected chi connectivity index (χ0v) is 26.0. The van der Waals surface area contributed by atoms with Crippen LogP contribution in [0, 0.1) is 0 Å². The lowest BCUT2D eigenvalue weighted by Gasteiger charge is -2.34. The number of nitrogens with zero attached hydrogens (tertiary/aromatic N) is 3. The summed E-state index contributed by atoms with van der Waals surface area (Å²) in [6.45, 7) is 1.78. The standard InChI is InChI=1S/C32H43F3N6O4/c1-23(39(2)3)28(42)38-27(17-10-19-36-31(45)37-25-14-8-5-9-15-25)29(43)41-20-11-16-26(41)22-40(30(44)32(33,34)35)21-18-24-12-6-4-7-13-24/h4-9,12-15,23,26-27H,10-11,16-22H2,1-3H3,(H,38,42)(H2,36,37,45)/t23-,26-,27-/m0/s1. The van der Waals surface area contributed by atoms with E-state index in [1.54, 1.807) is 80.5 Å². The van der Waals surface area contributed by atoms with E-state index in [0.29, 0.717) is 31.5 Å². The van der Waals surface area contributed by atoms with Crippen molar-refractivity contribution in [3.05, 3.63) is 66.2 Å². The summed E-state index contributed by atoms with van der Waals surface area (Å²) in [6, 6.07) is 15.2. The second-order valence-electron chi connectivity index (χ2n) is 11.4. The minimum atomic E-state index is -5.05. The van der Waals surface area contributed by atoms with Crippen LogP contribution >= 0.6 is 0 Å². The molecule has 0 aromatic heterocycles. The molecule has 0 radical (unpaired) electrons. The number of anilines is 1. The van der Waals surface area contributed by atoms with E-state index < -0.39 is 42.1 Å². The van der Waals surface area contributed by atoms with Gasteiger partial charge in [-0.3, -0.25) is 19.3 Å². The smallest absolute Gasteiger partial charge is 0.343 e. The van der Waals surface area contributed by atoms with Crippen LogP contribution in [-0.4, -0.2) is 103 Å². The van der Waals surface area contributed by atoms with Crippen LogP contribution < -0.4 is 16.0 Å². The fourth-order valence-electron chi connectivity index (χ4n) is 5.12. The Morgan fingerprint density at radius 3 is 2.27 bits per heavy atom. The van der Waals surface area contributed by atoms with Crippen molar-refractivity contribution in [1.82, 2.24) is 25.3 Å². The zero-order chi connectivity index (χ0) is 33.0. The fraction of sp³-hybridized carbons (Fsp3) is 0.500. The number of urea groups is 1. The number of likely N-dealkylation sites (tertiary alicyclic amines) is 1. The number of hydrogen-bond acceptors (Lipinski definition) is 5. The molecule has 1 saturated heterocycles. The van der Waals surface area contributed by atoms with Gasteiger partial charge in [-0.15, -0.1) is 0 Å². The van der Waals surface area contributed by atoms with E-state index in [1.165, 1.54) is 4.90 Å². The lowest BCUT2D eigenvalue weighted by molar-refractivity contribution is -0.186. The number of carbonyl (C=O) groups excluding carboxylic acids is 4. The number of halogens is 3. The number of carbonyl (C=O) groups is 4. The van der Waals surface area contributed by atoms with Crippen molar-refractivity contribution < 1.29 is 32.3 Å². The van der Waals surface area contributed by atoms with Gasteiger partial charge in [-0.2, -0.15) is 13.2 Å². The maximum absolute atomic E-state index is 13.9. The summed E-state index contributed by atoms with van der Waals surface area (Å²) in [6.07, 6.45) is -3.30. The summed E-state index contributed by atoms with van der Waals surface area (Å²) in [5.41, 5.74) is 1.41. The molecular formula is C32H43F3N6O4. The van der Waals surface area contributed by atoms with Gasteiger partial charge in [-0.25, -0.2) is 4.79 Å². The van der Waals surface area contributed by atoms with E-state index in [2.05, 4.69) is 16.0 Å². The normalized spacial score (nSPS) is 16.2. The van der Waals surface area contributed by atoms with Gasteiger partial charge in [0.2, 0.25) is 11.8 Å². The van der Waals surface area contributed by atoms with Gasteiger partial charge in [-0.1, -0.05) is 48.5 Å². The van der Waals surface area contributed by atoms with Gasteiger partial charge < -0.3 is 25.8 Å². The van der Waals surface area contributed by atoms with Gasteiger partial charge in [0.15, 0.2) is 0 Å². The largest absolute Gasteiger partial charge is 0.471 e. The Morgan fingerprint density at radius 2 is 1.64 bits per heavy atom. The third-order valence-electron chi connectivity index (χ3n) is 7.89. The number of rotatable bonds is 14. The monoisotopic (exact) mass is 632 g/mol. The molecular weight excluding hydrogens is 589 g/mol. The molecule has 13 heteroatoms. The molecule has 1 aliphatic heterocycles. The first-order valence-corrected chi connectivity index (χ1v) is 15.1. The third kappa shape index (κ3) is 11.1. The first-order chi connectivity index (χ1) is 21.4. The average molecular weight is 633 g/mol. The van der Waals surface area contributed by atoms with Crippen molar-refractivity contribution in [3.63, 3.8) is 0 Å². The van der Waals surface area contributed by atoms with Crippen LogP contribution in [0.15, 0.2) is 60.7 Å². The van der Waals surface area contributed by atoms with Crippen LogP contribution in [0.25, 0.3) is 0 Å². The number of para-hydroxylation sites is 1. The molecule has 3 atom stereocenters. The molecule has 1 fully saturated rings. The van der Waals surface area contributed by atoms with E-state index in [4.69, 9.17) is 0 Å². The molecule has 2 aromatic rings. The predicted octanol–water partition coefficient (Wildman–Crippen LogP) is 3.65. The van der Waals surface area contributed by atoms with Crippen molar-refractivity contribution >= 4 is 29.4 Å². The zero-order valence-electron chi connectivity index (χ0n) is 26.0. The Kier molecular flexibility index (Phi) is 13.2. The minimum Gasteiger partial charge on any atom is -0.343 e. The molecule has 3 rings (SSSR count). The number of hydrogen-bond donors (Lipinski definition) is 3. The quantitative estimate of drug-likeness (QED) is 0.275. The van der Waals surface area contributed by atoms with Crippen LogP contribution in [0.1, 0.15) is 38.2 Å². The Hall–Kier alpha value is -4.13. The minimum absolute atomic E-state index is 0.155. The summed E-state index contributed by atoms with van der Waals surface area (Å²) in [5.74, 6) is -2.74. The van der Waals surface area contributed by atoms with Gasteiger partial charge in [0.1, 0.15) is 6.04 Å². The molecule has 45 heavy (non-hydrogen) atoms. The number of benzene rings is 2. The number of alkyl halides is 3. The molecule has 2 aromatic carbocycles. The lowest BCUT2D eigenvalue weighted by atomic mass is 10.1. The average Bonchev–Trinajstić information content (AvgIpc) is 3.48. The highest BCUT2D eigenvalue weighted by Gasteiger charge is 2.44. The molecule has 0 spiro atoms. The molecule has 10 nitrogen and oxygen atoms in total. The Bertz CT molecular complexity index is 1260. The second-order valence-corrected chi connectivity index (χ2v) is 11.4. The van der Waals surface area contributed by atoms with Crippen LogP contribution in [0.5, 0.6) is 0 Å². The number of amides is 5. The topological polar surface area (TPSA) is 114 Å². The first kappa shape index (κ1) is 35.4. The maximum atomic E-state index is 13.9. The molecule has 0 aliphatic carbocycles. The van der Waals surface area contributed by atoms with Crippen LogP contribution in [0.2, 0.25) is 0 Å². The summed E-state index contributed by atoms with van der Waals surface area (Å²) >= 11 is 0. The third-order valence-corrected chi connectivity index (χ3v) is 7.89. The highest BCUT2D eigenvalue weighted by Crippen LogP contribution is 2.24. The molecule has 0 bridgehead atoms. The summed E-state index contributed by atoms with van der Waals surface area (Å²) in [5, 5.41) is 8.25. The van der Waals surface area contributed by atoms with Gasteiger partial charge in [0, 0.05) is 37.9 Å². The number of likely N-dealkylation sites (N-methyl/N-ethyl adjacent to an activating group) is 1. The molecule has 5 amide bonds. The lowest BCUT2D eigenvalue weighted by Crippen LogP contribution is -2.55. The SMILES string of the molecule is C[C@@H](C(=O)N[C@@H](CCCNC(=O)Nc1ccccc1)C(=O)N1CCC[C@H]1CN(CCc1ccccc1)C(=O)C(F)(F)F)N(C)C. The van der Waals surface area contributed by atoms with Crippen molar-refractivity contribution in [2.45, 2.75) is 63.3 Å². The van der Waals surface area contributed by atoms with E-state index in [9.17, 15) is 32.3 Å². The van der Waals surface area contributed by atoms with E-state index >= 15 is 0 Å². The van der Waals surface area contributed by atoms with Gasteiger partial charge in [0.05, 0.1) is 6.04 Å². The summed E-state index contributed by atoms with van der Waals surface area (Å²) < 4.78 is 40.7. The molecule has 1 heterocycles. The Balaban J connectivity index is 1.68. The van der Waals surface area contributed by atoms with Crippen molar-refractivity contribution in [2.75, 3.05) is 45.6 Å². The van der Waals surface area contributed by atoms with E-state index in [1.807, 2.05) is 6.07 Å². The van der Waals surface area contributed by atoms with Gasteiger partial charge >= 0.3 is 18.1 Å². The Labute approximate surface area is 262 Å². The predicted molar refractivity (Wildman–Crippen MR) is 165 cm³/mol. The highest BCUT2D eigenvalue weighted by molar-refractivity contribution is 5.90. The fourth-order valence-corrected chi connectivity index (χ4v) is 5.12. The van der Waals surface area contributed by atoms with Crippen LogP contribution in [-0.2, 0) is 20.8 Å². The van der Waals surface area contributed by atoms with Crippen molar-refractivity contribution in [1.29, 1.82) is 0 Å². The summed E-state index contributed by atoms with van der Waals surface area (Å²) in [7, 11) is 3.46. The van der Waals surface area contributed by atoms with Gasteiger partial charge in [0.25, 0.3) is 0 Å². The highest BCUT2D eigenvalue weighted by atomic mass is 19.4. The van der Waals surface area contributed by atoms with Crippen molar-refractivity contribution in [3.8, 4) is 0 Å². The Morgan fingerprint density at radius 1 is 1.00 bits per heavy atom. The molecule has 3 N–H and O–H groups in total. The molecule has 0 saturated carbocycles. The van der Waals surface area contributed by atoms with E-state index in [0.717, 1.165) is 10.5 Å². The second kappa shape index (κ2) is 16.8. The van der Waals surface area contributed by atoms with Crippen LogP contribution in [0.4, 0.5) is 23.7 Å². The molecule has 246 valence electrons. The molecule has 0 unspecified atom stereocenters. The maximum Gasteiger partial charge on any atom is 0.471 e. The molecule has 1 aliphatic rings. The summed E-state index contributed by atoms with van der Waals surface area (Å²) in [4.78, 5) is 55.4. The van der Waals surface area contributed by atoms with Gasteiger partial charge in [-0.05, 0) is 70.8 Å².